The minimum atomic E-state index is -1.14. The van der Waals surface area contributed by atoms with E-state index in [0.717, 1.165) is 0 Å². The zero-order chi connectivity index (χ0) is 10.1. The quantitative estimate of drug-likeness (QED) is 0.909. The van der Waals surface area contributed by atoms with Crippen molar-refractivity contribution in [2.75, 3.05) is 0 Å². The lowest BCUT2D eigenvalue weighted by Crippen LogP contribution is -1.91. The molecule has 0 aliphatic carbocycles. The summed E-state index contributed by atoms with van der Waals surface area (Å²) >= 11 is 4.59. The second kappa shape index (κ2) is 3.50. The van der Waals surface area contributed by atoms with Crippen LogP contribution in [0.5, 0.6) is 0 Å². The lowest BCUT2D eigenvalue weighted by Gasteiger charge is -1.81. The highest BCUT2D eigenvalue weighted by molar-refractivity contribution is 9.11. The summed E-state index contributed by atoms with van der Waals surface area (Å²) in [7, 11) is 0. The van der Waals surface area contributed by atoms with E-state index in [9.17, 15) is 4.79 Å². The Hall–Kier alpha value is -1.21. The molecule has 0 unspecified atom stereocenters. The zero-order valence-corrected chi connectivity index (χ0v) is 9.00. The number of hydrogen-bond acceptors (Lipinski definition) is 5. The second-order valence-electron chi connectivity index (χ2n) is 2.37. The van der Waals surface area contributed by atoms with Gasteiger partial charge in [0, 0.05) is 11.4 Å². The number of halogens is 1. The van der Waals surface area contributed by atoms with Gasteiger partial charge in [-0.1, -0.05) is 5.16 Å². The zero-order valence-electron chi connectivity index (χ0n) is 6.60. The van der Waals surface area contributed by atoms with Gasteiger partial charge < -0.3 is 9.63 Å². The Morgan fingerprint density at radius 3 is 2.86 bits per heavy atom. The molecule has 14 heavy (non-hydrogen) atoms. The summed E-state index contributed by atoms with van der Waals surface area (Å²) in [6.45, 7) is 0. The first-order valence-electron chi connectivity index (χ1n) is 3.48. The molecule has 2 aromatic rings. The van der Waals surface area contributed by atoms with Gasteiger partial charge in [0.2, 0.25) is 5.76 Å². The number of hydrogen-bond donors (Lipinski definition) is 1. The van der Waals surface area contributed by atoms with Crippen molar-refractivity contribution >= 4 is 33.2 Å². The Kier molecular flexibility index (Phi) is 2.34. The summed E-state index contributed by atoms with van der Waals surface area (Å²) < 4.78 is 5.30. The molecule has 2 aromatic heterocycles. The highest BCUT2D eigenvalue weighted by Gasteiger charge is 2.13. The molecule has 0 aliphatic rings. The Bertz CT molecular complexity index is 479. The normalized spacial score (nSPS) is 10.4. The number of aromatic nitrogens is 2. The van der Waals surface area contributed by atoms with Gasteiger partial charge >= 0.3 is 5.97 Å². The average Bonchev–Trinajstić information content (AvgIpc) is 2.70. The molecule has 7 heteroatoms. The van der Waals surface area contributed by atoms with Crippen molar-refractivity contribution in [3.8, 4) is 11.4 Å². The van der Waals surface area contributed by atoms with Gasteiger partial charge in [0.25, 0.3) is 0 Å². The van der Waals surface area contributed by atoms with Gasteiger partial charge in [0.1, 0.15) is 11.4 Å². The highest BCUT2D eigenvalue weighted by atomic mass is 79.9. The molecule has 0 radical (unpaired) electrons. The standard InChI is InChI=1S/C7H3BrN2O3S/c8-7-9-4(2-14-7)3-1-5(6(11)12)13-10-3/h1-2H,(H,11,12). The van der Waals surface area contributed by atoms with Crippen molar-refractivity contribution in [3.63, 3.8) is 0 Å². The molecule has 2 rings (SSSR count). The molecular weight excluding hydrogens is 272 g/mol. The molecule has 0 bridgehead atoms. The van der Waals surface area contributed by atoms with E-state index in [1.165, 1.54) is 17.4 Å². The highest BCUT2D eigenvalue weighted by Crippen LogP contribution is 2.24. The molecule has 0 aliphatic heterocycles. The van der Waals surface area contributed by atoms with E-state index in [4.69, 9.17) is 5.11 Å². The van der Waals surface area contributed by atoms with Crippen molar-refractivity contribution in [2.24, 2.45) is 0 Å². The number of rotatable bonds is 2. The Morgan fingerprint density at radius 1 is 1.57 bits per heavy atom. The summed E-state index contributed by atoms with van der Waals surface area (Å²) in [5.74, 6) is -1.33. The monoisotopic (exact) mass is 274 g/mol. The summed E-state index contributed by atoms with van der Waals surface area (Å²) in [6, 6.07) is 1.34. The third-order valence-corrected chi connectivity index (χ3v) is 2.82. The number of carbonyl (C=O) groups is 1. The van der Waals surface area contributed by atoms with Crippen LogP contribution >= 0.6 is 27.3 Å². The first-order chi connectivity index (χ1) is 6.66. The third kappa shape index (κ3) is 1.68. The summed E-state index contributed by atoms with van der Waals surface area (Å²) in [4.78, 5) is 14.6. The van der Waals surface area contributed by atoms with Crippen LogP contribution < -0.4 is 0 Å². The molecule has 2 heterocycles. The molecule has 0 saturated heterocycles. The smallest absolute Gasteiger partial charge is 0.374 e. The van der Waals surface area contributed by atoms with E-state index in [0.29, 0.717) is 15.3 Å². The van der Waals surface area contributed by atoms with E-state index < -0.39 is 5.97 Å². The predicted octanol–water partition coefficient (Wildman–Crippen LogP) is 2.26. The van der Waals surface area contributed by atoms with Crippen LogP contribution in [0.2, 0.25) is 0 Å². The van der Waals surface area contributed by atoms with E-state index in [1.807, 2.05) is 0 Å². The minimum absolute atomic E-state index is 0.191. The van der Waals surface area contributed by atoms with Crippen molar-refractivity contribution in [1.29, 1.82) is 0 Å². The molecule has 5 nitrogen and oxygen atoms in total. The first kappa shape index (κ1) is 9.35. The van der Waals surface area contributed by atoms with Crippen molar-refractivity contribution in [3.05, 3.63) is 21.1 Å². The van der Waals surface area contributed by atoms with E-state index in [-0.39, 0.29) is 5.76 Å². The van der Waals surface area contributed by atoms with Gasteiger partial charge in [-0.15, -0.1) is 11.3 Å². The Labute approximate surface area is 90.5 Å². The van der Waals surface area contributed by atoms with Gasteiger partial charge in [-0.25, -0.2) is 9.78 Å². The molecule has 1 N–H and O–H groups in total. The summed E-state index contributed by atoms with van der Waals surface area (Å²) in [5.41, 5.74) is 1.02. The molecule has 0 fully saturated rings. The third-order valence-electron chi connectivity index (χ3n) is 1.46. The van der Waals surface area contributed by atoms with Crippen LogP contribution in [-0.4, -0.2) is 21.2 Å². The molecule has 0 spiro atoms. The minimum Gasteiger partial charge on any atom is -0.475 e. The lowest BCUT2D eigenvalue weighted by atomic mass is 10.3. The van der Waals surface area contributed by atoms with E-state index in [1.54, 1.807) is 5.38 Å². The number of carboxylic acids is 1. The van der Waals surface area contributed by atoms with Gasteiger partial charge in [0.05, 0.1) is 0 Å². The fourth-order valence-corrected chi connectivity index (χ4v) is 1.87. The second-order valence-corrected chi connectivity index (χ2v) is 4.50. The van der Waals surface area contributed by atoms with E-state index >= 15 is 0 Å². The summed E-state index contributed by atoms with van der Waals surface area (Å²) in [5, 5.41) is 13.9. The fraction of sp³-hybridized carbons (Fsp3) is 0. The fourth-order valence-electron chi connectivity index (χ4n) is 0.866. The van der Waals surface area contributed by atoms with Gasteiger partial charge in [-0.2, -0.15) is 0 Å². The number of nitrogens with zero attached hydrogens (tertiary/aromatic N) is 2. The summed E-state index contributed by atoms with van der Waals surface area (Å²) in [6.07, 6.45) is 0. The van der Waals surface area contributed by atoms with Crippen molar-refractivity contribution in [2.45, 2.75) is 0 Å². The van der Waals surface area contributed by atoms with Gasteiger partial charge in [0.15, 0.2) is 3.92 Å². The van der Waals surface area contributed by atoms with Crippen molar-refractivity contribution in [1.82, 2.24) is 10.1 Å². The number of thiazole rings is 1. The SMILES string of the molecule is O=C(O)c1cc(-c2csc(Br)n2)no1. The predicted molar refractivity (Wildman–Crippen MR) is 52.3 cm³/mol. The van der Waals surface area contributed by atoms with Crippen LogP contribution in [-0.2, 0) is 0 Å². The average molecular weight is 275 g/mol. The molecular formula is C7H3BrN2O3S. The van der Waals surface area contributed by atoms with Crippen LogP contribution in [0.25, 0.3) is 11.4 Å². The maximum Gasteiger partial charge on any atom is 0.374 e. The first-order valence-corrected chi connectivity index (χ1v) is 5.15. The maximum absolute atomic E-state index is 10.5. The number of aromatic carboxylic acids is 1. The molecule has 72 valence electrons. The molecule has 0 amide bonds. The molecule has 0 aromatic carbocycles. The van der Waals surface area contributed by atoms with Crippen LogP contribution in [0.4, 0.5) is 0 Å². The van der Waals surface area contributed by atoms with Crippen LogP contribution in [0.1, 0.15) is 10.6 Å². The largest absolute Gasteiger partial charge is 0.475 e. The van der Waals surface area contributed by atoms with E-state index in [2.05, 4.69) is 30.6 Å². The van der Waals surface area contributed by atoms with Crippen LogP contribution in [0, 0.1) is 0 Å². The maximum atomic E-state index is 10.5. The Morgan fingerprint density at radius 2 is 2.36 bits per heavy atom. The number of carboxylic acid groups (broad SMARTS) is 1. The lowest BCUT2D eigenvalue weighted by molar-refractivity contribution is 0.0652. The topological polar surface area (TPSA) is 76.2 Å². The van der Waals surface area contributed by atoms with Crippen LogP contribution in [0.3, 0.4) is 0 Å². The van der Waals surface area contributed by atoms with Gasteiger partial charge in [-0.3, -0.25) is 0 Å². The van der Waals surface area contributed by atoms with Crippen molar-refractivity contribution < 1.29 is 14.4 Å². The Balaban J connectivity index is 2.38. The van der Waals surface area contributed by atoms with Gasteiger partial charge in [-0.05, 0) is 15.9 Å². The molecule has 0 atom stereocenters. The molecule has 0 saturated carbocycles. The van der Waals surface area contributed by atoms with Crippen LogP contribution in [0.15, 0.2) is 19.9 Å².